The Balaban J connectivity index is 1.80. The van der Waals surface area contributed by atoms with Gasteiger partial charge >= 0.3 is 0 Å². The van der Waals surface area contributed by atoms with E-state index in [0.717, 1.165) is 17.4 Å². The highest BCUT2D eigenvalue weighted by atomic mass is 32.2. The Morgan fingerprint density at radius 1 is 1.08 bits per heavy atom. The largest absolute Gasteiger partial charge is 0.325 e. The molecule has 1 saturated heterocycles. The molecular formula is C17H20N4O3S. The summed E-state index contributed by atoms with van der Waals surface area (Å²) in [5, 5.41) is 5.86. The SMILES string of the molecule is CS(=O)(=O)C1(C(=O)Nc2ccc(-c3cncnc3)cc2)CCNCC1. The molecule has 2 aromatic rings. The summed E-state index contributed by atoms with van der Waals surface area (Å²) in [5.74, 6) is -0.465. The fourth-order valence-corrected chi connectivity index (χ4v) is 4.37. The van der Waals surface area contributed by atoms with Gasteiger partial charge in [-0.1, -0.05) is 12.1 Å². The van der Waals surface area contributed by atoms with E-state index in [9.17, 15) is 13.2 Å². The lowest BCUT2D eigenvalue weighted by Crippen LogP contribution is -2.55. The van der Waals surface area contributed by atoms with Gasteiger partial charge in [0.25, 0.3) is 0 Å². The van der Waals surface area contributed by atoms with Crippen molar-refractivity contribution < 1.29 is 13.2 Å². The van der Waals surface area contributed by atoms with E-state index in [1.165, 1.54) is 6.33 Å². The number of hydrogen-bond acceptors (Lipinski definition) is 6. The van der Waals surface area contributed by atoms with Gasteiger partial charge in [-0.3, -0.25) is 4.79 Å². The molecule has 25 heavy (non-hydrogen) atoms. The Labute approximate surface area is 146 Å². The summed E-state index contributed by atoms with van der Waals surface area (Å²) in [6.45, 7) is 1.01. The third-order valence-electron chi connectivity index (χ3n) is 4.57. The van der Waals surface area contributed by atoms with Crippen molar-refractivity contribution >= 4 is 21.4 Å². The summed E-state index contributed by atoms with van der Waals surface area (Å²) in [5.41, 5.74) is 2.34. The molecule has 0 unspecified atom stereocenters. The maximum absolute atomic E-state index is 12.8. The summed E-state index contributed by atoms with van der Waals surface area (Å²) in [4.78, 5) is 20.7. The highest BCUT2D eigenvalue weighted by molar-refractivity contribution is 7.92. The van der Waals surface area contributed by atoms with Crippen LogP contribution in [0.4, 0.5) is 5.69 Å². The first-order valence-corrected chi connectivity index (χ1v) is 9.89. The number of sulfone groups is 1. The molecule has 0 saturated carbocycles. The van der Waals surface area contributed by atoms with Crippen LogP contribution in [0.3, 0.4) is 0 Å². The third kappa shape index (κ3) is 3.54. The monoisotopic (exact) mass is 360 g/mol. The zero-order valence-corrected chi connectivity index (χ0v) is 14.7. The van der Waals surface area contributed by atoms with Crippen molar-refractivity contribution in [2.45, 2.75) is 17.6 Å². The predicted octanol–water partition coefficient (Wildman–Crippen LogP) is 1.25. The summed E-state index contributed by atoms with van der Waals surface area (Å²) in [6.07, 6.45) is 6.55. The highest BCUT2D eigenvalue weighted by Gasteiger charge is 2.48. The van der Waals surface area contributed by atoms with Gasteiger partial charge in [0.05, 0.1) is 0 Å². The van der Waals surface area contributed by atoms with Gasteiger partial charge < -0.3 is 10.6 Å². The van der Waals surface area contributed by atoms with Crippen molar-refractivity contribution in [3.05, 3.63) is 43.0 Å². The Morgan fingerprint density at radius 2 is 1.68 bits per heavy atom. The van der Waals surface area contributed by atoms with Gasteiger partial charge in [-0.15, -0.1) is 0 Å². The minimum absolute atomic E-state index is 0.275. The molecule has 132 valence electrons. The molecule has 2 heterocycles. The lowest BCUT2D eigenvalue weighted by Gasteiger charge is -2.34. The number of rotatable bonds is 4. The second-order valence-corrected chi connectivity index (χ2v) is 8.50. The van der Waals surface area contributed by atoms with Gasteiger partial charge in [0.15, 0.2) is 14.6 Å². The number of piperidine rings is 1. The Hall–Kier alpha value is -2.32. The fraction of sp³-hybridized carbons (Fsp3) is 0.353. The first-order chi connectivity index (χ1) is 11.9. The standard InChI is InChI=1S/C17H20N4O3S/c1-25(23,24)17(6-8-18-9-7-17)16(22)21-15-4-2-13(3-5-15)14-10-19-12-20-11-14/h2-5,10-12,18H,6-9H2,1H3,(H,21,22). The third-order valence-corrected chi connectivity index (χ3v) is 6.58. The molecular weight excluding hydrogens is 340 g/mol. The normalized spacial score (nSPS) is 17.0. The molecule has 0 spiro atoms. The average Bonchev–Trinajstić information content (AvgIpc) is 2.63. The van der Waals surface area contributed by atoms with Crippen LogP contribution in [-0.2, 0) is 14.6 Å². The van der Waals surface area contributed by atoms with E-state index < -0.39 is 20.5 Å². The molecule has 1 amide bonds. The maximum atomic E-state index is 12.8. The molecule has 2 N–H and O–H groups in total. The zero-order chi connectivity index (χ0) is 17.9. The molecule has 1 aliphatic heterocycles. The van der Waals surface area contributed by atoms with Crippen LogP contribution >= 0.6 is 0 Å². The molecule has 0 aliphatic carbocycles. The first-order valence-electron chi connectivity index (χ1n) is 8.00. The molecule has 1 aromatic carbocycles. The van der Waals surface area contributed by atoms with Crippen molar-refractivity contribution in [2.24, 2.45) is 0 Å². The van der Waals surface area contributed by atoms with Crippen molar-refractivity contribution in [3.63, 3.8) is 0 Å². The first kappa shape index (κ1) is 17.5. The minimum atomic E-state index is -3.53. The second kappa shape index (κ2) is 6.89. The molecule has 1 fully saturated rings. The Bertz CT molecular complexity index is 845. The van der Waals surface area contributed by atoms with Gasteiger partial charge in [-0.25, -0.2) is 18.4 Å². The lowest BCUT2D eigenvalue weighted by atomic mass is 9.95. The number of carbonyl (C=O) groups excluding carboxylic acids is 1. The maximum Gasteiger partial charge on any atom is 0.245 e. The number of amides is 1. The average molecular weight is 360 g/mol. The molecule has 0 bridgehead atoms. The number of hydrogen-bond donors (Lipinski definition) is 2. The van der Waals surface area contributed by atoms with Gasteiger partial charge in [-0.2, -0.15) is 0 Å². The number of nitrogens with one attached hydrogen (secondary N) is 2. The summed E-state index contributed by atoms with van der Waals surface area (Å²) in [7, 11) is -3.53. The van der Waals surface area contributed by atoms with E-state index in [-0.39, 0.29) is 12.8 Å². The number of aromatic nitrogens is 2. The summed E-state index contributed by atoms with van der Waals surface area (Å²) >= 11 is 0. The number of anilines is 1. The van der Waals surface area contributed by atoms with E-state index in [1.807, 2.05) is 12.1 Å². The van der Waals surface area contributed by atoms with Gasteiger partial charge in [-0.05, 0) is 43.6 Å². The minimum Gasteiger partial charge on any atom is -0.325 e. The van der Waals surface area contributed by atoms with Crippen LogP contribution in [0.5, 0.6) is 0 Å². The summed E-state index contributed by atoms with van der Waals surface area (Å²) in [6, 6.07) is 7.17. The number of benzene rings is 1. The van der Waals surface area contributed by atoms with Gasteiger partial charge in [0.1, 0.15) is 6.33 Å². The van der Waals surface area contributed by atoms with E-state index in [1.54, 1.807) is 24.5 Å². The van der Waals surface area contributed by atoms with Crippen LogP contribution in [0.1, 0.15) is 12.8 Å². The van der Waals surface area contributed by atoms with Gasteiger partial charge in [0.2, 0.25) is 5.91 Å². The lowest BCUT2D eigenvalue weighted by molar-refractivity contribution is -0.119. The molecule has 3 rings (SSSR count). The Kier molecular flexibility index (Phi) is 4.82. The van der Waals surface area contributed by atoms with Crippen molar-refractivity contribution in [3.8, 4) is 11.1 Å². The van der Waals surface area contributed by atoms with Crippen LogP contribution in [0.15, 0.2) is 43.0 Å². The molecule has 0 radical (unpaired) electrons. The van der Waals surface area contributed by atoms with Crippen molar-refractivity contribution in [2.75, 3.05) is 24.7 Å². The topological polar surface area (TPSA) is 101 Å². The Morgan fingerprint density at radius 3 is 2.24 bits per heavy atom. The zero-order valence-electron chi connectivity index (χ0n) is 13.9. The van der Waals surface area contributed by atoms with E-state index in [2.05, 4.69) is 20.6 Å². The van der Waals surface area contributed by atoms with Crippen LogP contribution in [-0.4, -0.2) is 48.4 Å². The van der Waals surface area contributed by atoms with Crippen LogP contribution in [0, 0.1) is 0 Å². The number of carbonyl (C=O) groups is 1. The smallest absolute Gasteiger partial charge is 0.245 e. The van der Waals surface area contributed by atoms with Crippen LogP contribution < -0.4 is 10.6 Å². The van der Waals surface area contributed by atoms with E-state index in [0.29, 0.717) is 18.8 Å². The quantitative estimate of drug-likeness (QED) is 0.851. The molecule has 1 aliphatic rings. The van der Waals surface area contributed by atoms with Crippen LogP contribution in [0.25, 0.3) is 11.1 Å². The fourth-order valence-electron chi connectivity index (χ4n) is 3.04. The van der Waals surface area contributed by atoms with Crippen LogP contribution in [0.2, 0.25) is 0 Å². The molecule has 0 atom stereocenters. The van der Waals surface area contributed by atoms with Crippen molar-refractivity contribution in [1.82, 2.24) is 15.3 Å². The number of nitrogens with zero attached hydrogens (tertiary/aromatic N) is 2. The van der Waals surface area contributed by atoms with Crippen molar-refractivity contribution in [1.29, 1.82) is 0 Å². The van der Waals surface area contributed by atoms with Gasteiger partial charge in [0, 0.05) is 29.9 Å². The summed E-state index contributed by atoms with van der Waals surface area (Å²) < 4.78 is 23.2. The molecule has 7 nitrogen and oxygen atoms in total. The van der Waals surface area contributed by atoms with E-state index in [4.69, 9.17) is 0 Å². The molecule has 1 aromatic heterocycles. The molecule has 8 heteroatoms. The second-order valence-electron chi connectivity index (χ2n) is 6.18. The predicted molar refractivity (Wildman–Crippen MR) is 95.8 cm³/mol. The van der Waals surface area contributed by atoms with E-state index >= 15 is 0 Å². The highest BCUT2D eigenvalue weighted by Crippen LogP contribution is 2.30.